The minimum atomic E-state index is 0. The van der Waals surface area contributed by atoms with Crippen LogP contribution < -0.4 is 0 Å². The van der Waals surface area contributed by atoms with E-state index < -0.39 is 0 Å². The smallest absolute Gasteiger partial charge is 0.0636 e. The molecule has 2 rings (SSSR count). The molecular formula is C42H68N2Ni. The van der Waals surface area contributed by atoms with E-state index in [4.69, 9.17) is 9.98 Å². The quantitative estimate of drug-likeness (QED) is 0.0518. The molecule has 2 aromatic carbocycles. The molecule has 0 radical (unpaired) electrons. The van der Waals surface area contributed by atoms with Crippen molar-refractivity contribution in [2.75, 3.05) is 0 Å². The Labute approximate surface area is 289 Å². The van der Waals surface area contributed by atoms with E-state index in [-0.39, 0.29) is 16.5 Å². The third-order valence-corrected chi connectivity index (χ3v) is 8.85. The van der Waals surface area contributed by atoms with E-state index in [9.17, 15) is 0 Å². The maximum atomic E-state index is 5.39. The molecule has 256 valence electrons. The van der Waals surface area contributed by atoms with E-state index in [1.807, 2.05) is 0 Å². The molecule has 0 aliphatic carbocycles. The van der Waals surface area contributed by atoms with Crippen molar-refractivity contribution >= 4 is 22.8 Å². The van der Waals surface area contributed by atoms with Gasteiger partial charge in [-0.05, 0) is 86.8 Å². The van der Waals surface area contributed by atoms with Crippen molar-refractivity contribution in [3.63, 3.8) is 0 Å². The van der Waals surface area contributed by atoms with Crippen molar-refractivity contribution in [2.24, 2.45) is 9.98 Å². The average Bonchev–Trinajstić information content (AvgIpc) is 3.04. The molecule has 0 aliphatic rings. The molecule has 0 amide bonds. The molecule has 0 heterocycles. The van der Waals surface area contributed by atoms with Crippen molar-refractivity contribution in [3.05, 3.63) is 59.7 Å². The number of aryl methyl sites for hydroxylation is 2. The topological polar surface area (TPSA) is 24.7 Å². The summed E-state index contributed by atoms with van der Waals surface area (Å²) in [6.07, 6.45) is 30.4. The number of aliphatic imine (C=N–C) groups is 2. The van der Waals surface area contributed by atoms with E-state index in [0.29, 0.717) is 0 Å². The summed E-state index contributed by atoms with van der Waals surface area (Å²) >= 11 is 0. The predicted molar refractivity (Wildman–Crippen MR) is 199 cm³/mol. The molecule has 0 unspecified atom stereocenters. The first-order valence-corrected chi connectivity index (χ1v) is 19.0. The fraction of sp³-hybridized carbons (Fsp3) is 0.667. The molecule has 3 heteroatoms. The number of benzene rings is 2. The van der Waals surface area contributed by atoms with E-state index in [1.54, 1.807) is 0 Å². The first kappa shape index (κ1) is 41.3. The Hall–Kier alpha value is -1.73. The van der Waals surface area contributed by atoms with Crippen LogP contribution in [0.1, 0.15) is 180 Å². The summed E-state index contributed by atoms with van der Waals surface area (Å²) in [4.78, 5) is 10.8. The molecule has 0 saturated heterocycles. The van der Waals surface area contributed by atoms with Gasteiger partial charge in [0.25, 0.3) is 0 Å². The van der Waals surface area contributed by atoms with E-state index in [0.717, 1.165) is 37.1 Å². The van der Waals surface area contributed by atoms with Crippen LogP contribution in [0.2, 0.25) is 0 Å². The van der Waals surface area contributed by atoms with Crippen LogP contribution in [0.5, 0.6) is 0 Å². The van der Waals surface area contributed by atoms with Crippen molar-refractivity contribution in [1.82, 2.24) is 0 Å². The zero-order chi connectivity index (χ0) is 31.5. The van der Waals surface area contributed by atoms with Crippen LogP contribution in [0.4, 0.5) is 11.4 Å². The Morgan fingerprint density at radius 2 is 0.756 bits per heavy atom. The maximum absolute atomic E-state index is 5.39. The standard InChI is InChI=1S/C42H68N2.Ni/c1-5-9-13-17-20-24-34-42(44-40-32-26-30-38(36-40)28-22-19-15-11-7-3)41(33-23-16-12-8-4)43-39-31-25-29-37(35-39)27-21-18-14-10-6-2;/h25-26,29-32,35-36H,5-24,27-28,33-34H2,1-4H3;/b43-41+,44-42+;. The second-order valence-electron chi connectivity index (χ2n) is 13.1. The number of rotatable bonds is 27. The third-order valence-electron chi connectivity index (χ3n) is 8.85. The van der Waals surface area contributed by atoms with Gasteiger partial charge in [-0.2, -0.15) is 0 Å². The van der Waals surface area contributed by atoms with Gasteiger partial charge in [0.05, 0.1) is 22.8 Å². The van der Waals surface area contributed by atoms with Crippen molar-refractivity contribution in [2.45, 2.75) is 182 Å². The van der Waals surface area contributed by atoms with Gasteiger partial charge in [-0.1, -0.05) is 155 Å². The summed E-state index contributed by atoms with van der Waals surface area (Å²) in [6.45, 7) is 9.17. The molecule has 0 atom stereocenters. The summed E-state index contributed by atoms with van der Waals surface area (Å²) in [7, 11) is 0. The van der Waals surface area contributed by atoms with Crippen LogP contribution in [-0.4, -0.2) is 11.4 Å². The van der Waals surface area contributed by atoms with Gasteiger partial charge in [-0.15, -0.1) is 0 Å². The summed E-state index contributed by atoms with van der Waals surface area (Å²) in [5, 5.41) is 0. The first-order valence-electron chi connectivity index (χ1n) is 19.0. The van der Waals surface area contributed by atoms with Crippen LogP contribution in [0.3, 0.4) is 0 Å². The van der Waals surface area contributed by atoms with Crippen LogP contribution >= 0.6 is 0 Å². The summed E-state index contributed by atoms with van der Waals surface area (Å²) in [5.74, 6) is 0. The number of hydrogen-bond donors (Lipinski definition) is 0. The average molecular weight is 660 g/mol. The molecule has 0 N–H and O–H groups in total. The van der Waals surface area contributed by atoms with E-state index in [2.05, 4.69) is 76.2 Å². The fourth-order valence-electron chi connectivity index (χ4n) is 6.06. The van der Waals surface area contributed by atoms with Crippen molar-refractivity contribution in [1.29, 1.82) is 0 Å². The number of unbranched alkanes of at least 4 members (excludes halogenated alkanes) is 16. The summed E-state index contributed by atoms with van der Waals surface area (Å²) in [6, 6.07) is 18.1. The van der Waals surface area contributed by atoms with E-state index in [1.165, 1.54) is 151 Å². The summed E-state index contributed by atoms with van der Waals surface area (Å²) < 4.78 is 0. The minimum absolute atomic E-state index is 0. The minimum Gasteiger partial charge on any atom is -0.252 e. The van der Waals surface area contributed by atoms with Gasteiger partial charge < -0.3 is 0 Å². The van der Waals surface area contributed by atoms with Gasteiger partial charge >= 0.3 is 0 Å². The van der Waals surface area contributed by atoms with Gasteiger partial charge in [0.15, 0.2) is 0 Å². The first-order chi connectivity index (χ1) is 21.7. The van der Waals surface area contributed by atoms with Crippen molar-refractivity contribution < 1.29 is 16.5 Å². The molecule has 2 aromatic rings. The molecule has 0 saturated carbocycles. The normalized spacial score (nSPS) is 12.0. The van der Waals surface area contributed by atoms with Gasteiger partial charge in [0.1, 0.15) is 0 Å². The van der Waals surface area contributed by atoms with Crippen molar-refractivity contribution in [3.8, 4) is 0 Å². The van der Waals surface area contributed by atoms with Gasteiger partial charge in [-0.3, -0.25) is 9.98 Å². The fourth-order valence-corrected chi connectivity index (χ4v) is 6.06. The second-order valence-corrected chi connectivity index (χ2v) is 13.1. The Morgan fingerprint density at radius 1 is 0.422 bits per heavy atom. The van der Waals surface area contributed by atoms with Gasteiger partial charge in [-0.25, -0.2) is 0 Å². The molecule has 0 bridgehead atoms. The largest absolute Gasteiger partial charge is 0.252 e. The van der Waals surface area contributed by atoms with Crippen LogP contribution in [0.15, 0.2) is 58.5 Å². The Bertz CT molecular complexity index is 1040. The second kappa shape index (κ2) is 28.5. The zero-order valence-electron chi connectivity index (χ0n) is 29.8. The Balaban J connectivity index is 0.0000101. The molecule has 0 aliphatic heterocycles. The van der Waals surface area contributed by atoms with Crippen LogP contribution in [0.25, 0.3) is 0 Å². The number of hydrogen-bond acceptors (Lipinski definition) is 2. The predicted octanol–water partition coefficient (Wildman–Crippen LogP) is 14.3. The van der Waals surface area contributed by atoms with Crippen LogP contribution in [-0.2, 0) is 29.3 Å². The molecule has 2 nitrogen and oxygen atoms in total. The Morgan fingerprint density at radius 3 is 1.16 bits per heavy atom. The van der Waals surface area contributed by atoms with Crippen LogP contribution in [0, 0.1) is 0 Å². The SMILES string of the molecule is CCCCCCCCC(=N\c1cccc(CCCCCCC)c1)/C(CCCCCC)=N/c1cccc(CCCCCCC)c1.[Ni]. The molecular weight excluding hydrogens is 591 g/mol. The molecule has 0 fully saturated rings. The van der Waals surface area contributed by atoms with Gasteiger partial charge in [0.2, 0.25) is 0 Å². The zero-order valence-corrected chi connectivity index (χ0v) is 30.8. The maximum Gasteiger partial charge on any atom is 0.0636 e. The summed E-state index contributed by atoms with van der Waals surface area (Å²) in [5.41, 5.74) is 7.52. The molecule has 0 aromatic heterocycles. The third kappa shape index (κ3) is 20.2. The number of nitrogens with zero attached hydrogens (tertiary/aromatic N) is 2. The molecule has 45 heavy (non-hydrogen) atoms. The Kier molecular flexibility index (Phi) is 26.1. The molecule has 0 spiro atoms. The van der Waals surface area contributed by atoms with E-state index >= 15 is 0 Å². The van der Waals surface area contributed by atoms with Gasteiger partial charge in [0, 0.05) is 16.5 Å². The monoisotopic (exact) mass is 658 g/mol.